The zero-order valence-electron chi connectivity index (χ0n) is 14.9. The van der Waals surface area contributed by atoms with Crippen LogP contribution >= 0.6 is 0 Å². The summed E-state index contributed by atoms with van der Waals surface area (Å²) < 4.78 is 2.68. The van der Waals surface area contributed by atoms with Crippen LogP contribution in [0.25, 0.3) is 5.65 Å². The molecule has 0 spiro atoms. The minimum Gasteiger partial charge on any atom is -0.478 e. The van der Waals surface area contributed by atoms with Crippen LogP contribution in [0.1, 0.15) is 35.2 Å². The van der Waals surface area contributed by atoms with E-state index in [2.05, 4.69) is 5.10 Å². The third-order valence-electron chi connectivity index (χ3n) is 5.02. The van der Waals surface area contributed by atoms with Crippen LogP contribution in [0.3, 0.4) is 0 Å². The van der Waals surface area contributed by atoms with E-state index in [4.69, 9.17) is 0 Å². The van der Waals surface area contributed by atoms with E-state index in [1.165, 1.54) is 9.08 Å². The fourth-order valence-corrected chi connectivity index (χ4v) is 3.65. The first-order chi connectivity index (χ1) is 12.9. The average Bonchev–Trinajstić information content (AvgIpc) is 2.94. The van der Waals surface area contributed by atoms with E-state index in [0.717, 1.165) is 11.4 Å². The van der Waals surface area contributed by atoms with Crippen molar-refractivity contribution >= 4 is 28.8 Å². The minimum absolute atomic E-state index is 0.0332. The Morgan fingerprint density at radius 1 is 1.26 bits per heavy atom. The number of carboxylic acid groups (broad SMARTS) is 1. The summed E-state index contributed by atoms with van der Waals surface area (Å²) >= 11 is 0. The lowest BCUT2D eigenvalue weighted by atomic mass is 9.85. The molecule has 4 rings (SSSR count). The van der Waals surface area contributed by atoms with Gasteiger partial charge in [-0.3, -0.25) is 9.20 Å². The standard InChI is InChI=1S/C19H18N4O4/c1-3-13-14-8-11(18(25)26)4-5-15(14)23(10-16(13)24)12-6-7-22-17(9-12)20-21(2)19(22)27/h4-9,13H,3,10H2,1-2H3,(H,25,26). The number of benzene rings is 1. The SMILES string of the molecule is CCC1C(=O)CN(c2ccn3c(=O)n(C)nc3c2)c2ccc(C(=O)O)cc21. The van der Waals surface area contributed by atoms with Crippen LogP contribution in [0, 0.1) is 0 Å². The molecule has 1 N–H and O–H groups in total. The second-order valence-corrected chi connectivity index (χ2v) is 6.61. The number of ketones is 1. The smallest absolute Gasteiger partial charge is 0.350 e. The maximum Gasteiger partial charge on any atom is 0.350 e. The summed E-state index contributed by atoms with van der Waals surface area (Å²) in [5.41, 5.74) is 2.63. The van der Waals surface area contributed by atoms with Crippen molar-refractivity contribution in [2.24, 2.45) is 7.05 Å². The first-order valence-corrected chi connectivity index (χ1v) is 8.63. The van der Waals surface area contributed by atoms with Crippen LogP contribution in [0.4, 0.5) is 11.4 Å². The van der Waals surface area contributed by atoms with Gasteiger partial charge in [-0.2, -0.15) is 5.10 Å². The zero-order chi connectivity index (χ0) is 19.3. The molecule has 27 heavy (non-hydrogen) atoms. The highest BCUT2D eigenvalue weighted by Crippen LogP contribution is 2.39. The lowest BCUT2D eigenvalue weighted by Crippen LogP contribution is -2.35. The maximum atomic E-state index is 12.7. The number of hydrogen-bond acceptors (Lipinski definition) is 5. The van der Waals surface area contributed by atoms with E-state index < -0.39 is 5.97 Å². The van der Waals surface area contributed by atoms with Crippen LogP contribution in [-0.4, -0.2) is 37.6 Å². The number of hydrogen-bond donors (Lipinski definition) is 1. The van der Waals surface area contributed by atoms with Crippen molar-refractivity contribution in [3.63, 3.8) is 0 Å². The molecule has 138 valence electrons. The Morgan fingerprint density at radius 3 is 2.74 bits per heavy atom. The Labute approximate surface area is 154 Å². The average molecular weight is 366 g/mol. The fourth-order valence-electron chi connectivity index (χ4n) is 3.65. The summed E-state index contributed by atoms with van der Waals surface area (Å²) in [5, 5.41) is 13.5. The van der Waals surface area contributed by atoms with Gasteiger partial charge in [-0.05, 0) is 36.2 Å². The normalized spacial score (nSPS) is 16.6. The second-order valence-electron chi connectivity index (χ2n) is 6.61. The van der Waals surface area contributed by atoms with E-state index in [1.807, 2.05) is 11.8 Å². The summed E-state index contributed by atoms with van der Waals surface area (Å²) in [6.45, 7) is 2.10. The Kier molecular flexibility index (Phi) is 3.83. The van der Waals surface area contributed by atoms with Crippen LogP contribution in [0.15, 0.2) is 41.3 Å². The van der Waals surface area contributed by atoms with E-state index >= 15 is 0 Å². The van der Waals surface area contributed by atoms with Gasteiger partial charge in [0.2, 0.25) is 0 Å². The number of carbonyl (C=O) groups excluding carboxylic acids is 1. The number of fused-ring (bicyclic) bond motifs is 2. The molecule has 8 nitrogen and oxygen atoms in total. The quantitative estimate of drug-likeness (QED) is 0.761. The number of anilines is 2. The molecule has 0 saturated heterocycles. The molecule has 2 aromatic heterocycles. The van der Waals surface area contributed by atoms with Gasteiger partial charge >= 0.3 is 11.7 Å². The third kappa shape index (κ3) is 2.61. The number of carboxylic acids is 1. The monoisotopic (exact) mass is 366 g/mol. The van der Waals surface area contributed by atoms with Gasteiger partial charge in [0.1, 0.15) is 0 Å². The number of aromatic nitrogens is 3. The molecular formula is C19H18N4O4. The Bertz CT molecular complexity index is 1140. The number of pyridine rings is 1. The molecular weight excluding hydrogens is 348 g/mol. The van der Waals surface area contributed by atoms with Crippen molar-refractivity contribution in [1.29, 1.82) is 0 Å². The van der Waals surface area contributed by atoms with Crippen molar-refractivity contribution in [3.8, 4) is 0 Å². The Morgan fingerprint density at radius 2 is 2.04 bits per heavy atom. The summed E-state index contributed by atoms with van der Waals surface area (Å²) in [6, 6.07) is 8.36. The van der Waals surface area contributed by atoms with Crippen molar-refractivity contribution in [2.45, 2.75) is 19.3 Å². The predicted molar refractivity (Wildman–Crippen MR) is 98.9 cm³/mol. The largest absolute Gasteiger partial charge is 0.478 e. The topological polar surface area (TPSA) is 96.9 Å². The molecule has 0 amide bonds. The molecule has 0 aliphatic carbocycles. The lowest BCUT2D eigenvalue weighted by Gasteiger charge is -2.34. The predicted octanol–water partition coefficient (Wildman–Crippen LogP) is 1.95. The molecule has 1 aliphatic rings. The lowest BCUT2D eigenvalue weighted by molar-refractivity contribution is -0.119. The van der Waals surface area contributed by atoms with Crippen molar-refractivity contribution in [3.05, 3.63) is 58.1 Å². The molecule has 1 atom stereocenters. The zero-order valence-corrected chi connectivity index (χ0v) is 14.9. The highest BCUT2D eigenvalue weighted by molar-refractivity contribution is 5.98. The van der Waals surface area contributed by atoms with Crippen molar-refractivity contribution in [1.82, 2.24) is 14.2 Å². The third-order valence-corrected chi connectivity index (χ3v) is 5.02. The van der Waals surface area contributed by atoms with Gasteiger partial charge in [0.05, 0.1) is 12.1 Å². The maximum absolute atomic E-state index is 12.7. The van der Waals surface area contributed by atoms with Gasteiger partial charge in [0.25, 0.3) is 0 Å². The molecule has 0 bridgehead atoms. The van der Waals surface area contributed by atoms with E-state index in [1.54, 1.807) is 43.6 Å². The summed E-state index contributed by atoms with van der Waals surface area (Å²) in [4.78, 5) is 37.9. The second kappa shape index (κ2) is 6.08. The number of aryl methyl sites for hydroxylation is 1. The summed E-state index contributed by atoms with van der Waals surface area (Å²) in [5.74, 6) is -1.31. The number of carbonyl (C=O) groups is 2. The van der Waals surface area contributed by atoms with Gasteiger partial charge < -0.3 is 10.0 Å². The van der Waals surface area contributed by atoms with Crippen molar-refractivity contribution < 1.29 is 14.7 Å². The van der Waals surface area contributed by atoms with E-state index in [9.17, 15) is 19.5 Å². The van der Waals surface area contributed by atoms with E-state index in [-0.39, 0.29) is 29.5 Å². The molecule has 0 radical (unpaired) electrons. The molecule has 0 saturated carbocycles. The molecule has 3 aromatic rings. The van der Waals surface area contributed by atoms with Gasteiger partial charge in [-0.25, -0.2) is 14.3 Å². The number of nitrogens with zero attached hydrogens (tertiary/aromatic N) is 4. The molecule has 1 unspecified atom stereocenters. The minimum atomic E-state index is -1.02. The molecule has 8 heteroatoms. The van der Waals surface area contributed by atoms with Crippen LogP contribution < -0.4 is 10.6 Å². The molecule has 1 aliphatic heterocycles. The molecule has 3 heterocycles. The first kappa shape index (κ1) is 17.0. The first-order valence-electron chi connectivity index (χ1n) is 8.63. The van der Waals surface area contributed by atoms with E-state index in [0.29, 0.717) is 17.6 Å². The van der Waals surface area contributed by atoms with Crippen LogP contribution in [0.2, 0.25) is 0 Å². The van der Waals surface area contributed by atoms with Crippen molar-refractivity contribution in [2.75, 3.05) is 11.4 Å². The fraction of sp³-hybridized carbons (Fsp3) is 0.263. The van der Waals surface area contributed by atoms with Gasteiger partial charge in [-0.1, -0.05) is 6.92 Å². The summed E-state index contributed by atoms with van der Waals surface area (Å²) in [6.07, 6.45) is 2.24. The Balaban J connectivity index is 1.88. The Hall–Kier alpha value is -3.42. The highest BCUT2D eigenvalue weighted by atomic mass is 16.4. The molecule has 0 fully saturated rings. The number of aromatic carboxylic acids is 1. The molecule has 1 aromatic carbocycles. The van der Waals surface area contributed by atoms with Gasteiger partial charge in [0.15, 0.2) is 11.4 Å². The summed E-state index contributed by atoms with van der Waals surface area (Å²) in [7, 11) is 1.58. The van der Waals surface area contributed by atoms with Crippen LogP contribution in [0.5, 0.6) is 0 Å². The van der Waals surface area contributed by atoms with Gasteiger partial charge in [-0.15, -0.1) is 0 Å². The van der Waals surface area contributed by atoms with Gasteiger partial charge in [0, 0.05) is 36.6 Å². The van der Waals surface area contributed by atoms with Crippen LogP contribution in [-0.2, 0) is 11.8 Å². The highest BCUT2D eigenvalue weighted by Gasteiger charge is 2.32. The number of Topliss-reactive ketones (excluding diaryl/α,β-unsaturated/α-hetero) is 1. The number of rotatable bonds is 3.